The molecule has 31 heavy (non-hydrogen) atoms. The molecule has 4 atom stereocenters. The zero-order chi connectivity index (χ0) is 23.2. The molecule has 0 radical (unpaired) electrons. The van der Waals surface area contributed by atoms with Gasteiger partial charge in [-0.2, -0.15) is 13.6 Å². The normalized spacial score (nSPS) is 26.0. The van der Waals surface area contributed by atoms with Crippen LogP contribution in [0.25, 0.3) is 11.2 Å². The molecule has 2 aromatic rings. The third kappa shape index (κ3) is 5.84. The number of ether oxygens (including phenoxy) is 1. The lowest BCUT2D eigenvalue weighted by molar-refractivity contribution is -0.103. The third-order valence-electron chi connectivity index (χ3n) is 3.87. The number of nitrogen functional groups attached to an aromatic ring is 1. The van der Waals surface area contributed by atoms with Crippen LogP contribution in [0, 0.1) is 0 Å². The van der Waals surface area contributed by atoms with E-state index < -0.39 is 47.6 Å². The van der Waals surface area contributed by atoms with Gasteiger partial charge in [-0.3, -0.25) is 24.6 Å². The number of phosphoric ester groups is 1. The van der Waals surface area contributed by atoms with E-state index in [9.17, 15) is 23.4 Å². The van der Waals surface area contributed by atoms with Gasteiger partial charge in [-0.1, -0.05) is 0 Å². The monoisotopic (exact) mass is 506 g/mol. The molecular weight excluding hydrogens is 489 g/mol. The Hall–Kier alpha value is -1.52. The van der Waals surface area contributed by atoms with E-state index in [1.165, 1.54) is 10.9 Å². The van der Waals surface area contributed by atoms with Crippen molar-refractivity contribution in [2.75, 3.05) is 12.3 Å². The van der Waals surface area contributed by atoms with Crippen molar-refractivity contribution in [1.82, 2.24) is 19.5 Å². The third-order valence-corrected chi connectivity index (χ3v) is 7.67. The number of anilines is 1. The van der Waals surface area contributed by atoms with Crippen molar-refractivity contribution in [3.8, 4) is 0 Å². The summed E-state index contributed by atoms with van der Waals surface area (Å²) in [6.07, 6.45) is 0.519. The molecule has 2 unspecified atom stereocenters. The van der Waals surface area contributed by atoms with Gasteiger partial charge in [0.25, 0.3) is 5.56 Å². The lowest BCUT2D eigenvalue weighted by Gasteiger charge is -2.26. The van der Waals surface area contributed by atoms with Crippen molar-refractivity contribution in [2.24, 2.45) is 5.73 Å². The summed E-state index contributed by atoms with van der Waals surface area (Å²) in [5.41, 5.74) is 11.1. The van der Waals surface area contributed by atoms with Crippen LogP contribution in [0.5, 0.6) is 0 Å². The van der Waals surface area contributed by atoms with E-state index in [0.717, 1.165) is 0 Å². The Bertz CT molecular complexity index is 1190. The minimum atomic E-state index is -5.63. The highest BCUT2D eigenvalue weighted by molar-refractivity contribution is 7.66. The highest BCUT2D eigenvalue weighted by Crippen LogP contribution is 2.66. The minimum Gasteiger partial charge on any atom is -0.369 e. The molecule has 0 spiro atoms. The van der Waals surface area contributed by atoms with Crippen LogP contribution < -0.4 is 17.0 Å². The molecule has 1 saturated heterocycles. The van der Waals surface area contributed by atoms with Crippen LogP contribution >= 0.6 is 23.5 Å². The number of nitrogens with zero attached hydrogens (tertiary/aromatic N) is 3. The van der Waals surface area contributed by atoms with Gasteiger partial charge in [0.15, 0.2) is 11.2 Å². The molecule has 3 heterocycles. The predicted octanol–water partition coefficient (Wildman–Crippen LogP) is -1.21. The molecule has 1 aliphatic heterocycles. The summed E-state index contributed by atoms with van der Waals surface area (Å²) >= 11 is 0. The molecule has 0 aromatic carbocycles. The highest BCUT2D eigenvalue weighted by Gasteiger charge is 2.44. The van der Waals surface area contributed by atoms with Crippen LogP contribution in [-0.2, 0) is 37.4 Å². The highest BCUT2D eigenvalue weighted by atomic mass is 31.3. The first-order valence-corrected chi connectivity index (χ1v) is 12.6. The Labute approximate surface area is 171 Å². The number of phosphoric acid groups is 3. The second-order valence-corrected chi connectivity index (χ2v) is 10.7. The number of hydrogen-bond donors (Lipinski definition) is 7. The summed E-state index contributed by atoms with van der Waals surface area (Å²) in [4.78, 5) is 57.6. The molecule has 9 N–H and O–H groups in total. The molecule has 1 fully saturated rings. The number of nitrogens with one attached hydrogen (secondary N) is 1. The number of nitrogens with two attached hydrogens (primary N) is 2. The first kappa shape index (κ1) is 24.1. The quantitative estimate of drug-likeness (QED) is 0.207. The molecule has 0 aliphatic carbocycles. The standard InChI is InChI=1S/C10H17N6O12P3/c11-9-14-7-6(8(17)15-9)13-4-16(7)10(12)2-1-5(26-10)3-25-30(21,22)28-31(23,24)27-29(18,19)20/h4-5H,1-3,12H2,(H,21,22)(H,23,24)(H2,18,19,20)(H3,11,14,15,17)/t5-,10-/m0/s1. The van der Waals surface area contributed by atoms with Gasteiger partial charge in [0.05, 0.1) is 12.7 Å². The summed E-state index contributed by atoms with van der Waals surface area (Å²) in [6.45, 7) is -0.675. The van der Waals surface area contributed by atoms with Gasteiger partial charge in [0.1, 0.15) is 6.33 Å². The Kier molecular flexibility index (Phi) is 6.32. The molecule has 0 amide bonds. The molecule has 2 aromatic heterocycles. The van der Waals surface area contributed by atoms with Gasteiger partial charge < -0.3 is 30.0 Å². The smallest absolute Gasteiger partial charge is 0.369 e. The fourth-order valence-corrected chi connectivity index (χ4v) is 5.80. The van der Waals surface area contributed by atoms with Gasteiger partial charge in [-0.25, -0.2) is 18.7 Å². The van der Waals surface area contributed by atoms with E-state index in [-0.39, 0.29) is 30.0 Å². The lowest BCUT2D eigenvalue weighted by Crippen LogP contribution is -2.43. The molecule has 3 rings (SSSR count). The summed E-state index contributed by atoms with van der Waals surface area (Å²) in [5.74, 6) is -1.78. The molecular formula is C10H17N6O12P3. The average molecular weight is 506 g/mol. The van der Waals surface area contributed by atoms with Gasteiger partial charge >= 0.3 is 23.5 Å². The van der Waals surface area contributed by atoms with Crippen LogP contribution in [0.3, 0.4) is 0 Å². The topological polar surface area (TPSA) is 285 Å². The number of imidazole rings is 1. The number of aromatic amines is 1. The van der Waals surface area contributed by atoms with Crippen LogP contribution in [-0.4, -0.2) is 51.8 Å². The second-order valence-electron chi connectivity index (χ2n) is 6.25. The fraction of sp³-hybridized carbons (Fsp3) is 0.500. The summed E-state index contributed by atoms with van der Waals surface area (Å²) in [7, 11) is -16.4. The van der Waals surface area contributed by atoms with Crippen molar-refractivity contribution in [3.05, 3.63) is 16.7 Å². The molecule has 0 saturated carbocycles. The molecule has 1 aliphatic rings. The Morgan fingerprint density at radius 2 is 1.94 bits per heavy atom. The van der Waals surface area contributed by atoms with Crippen LogP contribution in [0.4, 0.5) is 5.95 Å². The number of rotatable bonds is 8. The largest absolute Gasteiger partial charge is 0.490 e. The van der Waals surface area contributed by atoms with Crippen molar-refractivity contribution in [1.29, 1.82) is 0 Å². The predicted molar refractivity (Wildman–Crippen MR) is 98.6 cm³/mol. The maximum absolute atomic E-state index is 11.9. The first-order chi connectivity index (χ1) is 14.1. The Morgan fingerprint density at radius 1 is 1.26 bits per heavy atom. The van der Waals surface area contributed by atoms with Gasteiger partial charge in [0, 0.05) is 6.42 Å². The Balaban J connectivity index is 1.68. The number of aromatic nitrogens is 4. The molecule has 174 valence electrons. The lowest BCUT2D eigenvalue weighted by atomic mass is 10.2. The second kappa shape index (κ2) is 8.12. The summed E-state index contributed by atoms with van der Waals surface area (Å²) in [5, 5.41) is 0. The van der Waals surface area contributed by atoms with Crippen molar-refractivity contribution in [2.45, 2.75) is 24.8 Å². The van der Waals surface area contributed by atoms with Gasteiger partial charge in [0.2, 0.25) is 11.8 Å². The van der Waals surface area contributed by atoms with Crippen molar-refractivity contribution < 1.29 is 51.2 Å². The van der Waals surface area contributed by atoms with E-state index >= 15 is 0 Å². The fourth-order valence-electron chi connectivity index (χ4n) is 2.75. The molecule has 21 heteroatoms. The van der Waals surface area contributed by atoms with E-state index in [2.05, 4.69) is 28.1 Å². The number of H-pyrrole nitrogens is 1. The SMILES string of the molecule is Nc1nc2c(ncn2[C@@]2(N)CC[C@@H](COP(=O)(O)OP(=O)(O)OP(=O)(O)O)O2)c(=O)[nH]1. The Morgan fingerprint density at radius 3 is 2.58 bits per heavy atom. The van der Waals surface area contributed by atoms with Crippen LogP contribution in [0.15, 0.2) is 11.1 Å². The van der Waals surface area contributed by atoms with Crippen molar-refractivity contribution >= 4 is 40.6 Å². The van der Waals surface area contributed by atoms with Crippen molar-refractivity contribution in [3.63, 3.8) is 0 Å². The van der Waals surface area contributed by atoms with Crippen LogP contribution in [0.1, 0.15) is 12.8 Å². The average Bonchev–Trinajstić information content (AvgIpc) is 3.14. The summed E-state index contributed by atoms with van der Waals surface area (Å²) < 4.78 is 52.3. The van der Waals surface area contributed by atoms with Crippen LogP contribution in [0.2, 0.25) is 0 Å². The zero-order valence-corrected chi connectivity index (χ0v) is 17.9. The minimum absolute atomic E-state index is 0.0253. The summed E-state index contributed by atoms with van der Waals surface area (Å²) in [6, 6.07) is 0. The molecule has 0 bridgehead atoms. The van der Waals surface area contributed by atoms with E-state index in [0.29, 0.717) is 0 Å². The first-order valence-electron chi connectivity index (χ1n) is 8.08. The van der Waals surface area contributed by atoms with E-state index in [1.54, 1.807) is 0 Å². The van der Waals surface area contributed by atoms with Gasteiger partial charge in [-0.15, -0.1) is 0 Å². The number of fused-ring (bicyclic) bond motifs is 1. The van der Waals surface area contributed by atoms with E-state index in [1.807, 2.05) is 0 Å². The number of hydrogen-bond acceptors (Lipinski definition) is 12. The molecule has 18 nitrogen and oxygen atoms in total. The zero-order valence-electron chi connectivity index (χ0n) is 15.2. The maximum Gasteiger partial charge on any atom is 0.490 e. The maximum atomic E-state index is 11.9. The van der Waals surface area contributed by atoms with Gasteiger partial charge in [-0.05, 0) is 6.42 Å². The van der Waals surface area contributed by atoms with E-state index in [4.69, 9.17) is 30.9 Å².